The maximum Gasteiger partial charge on any atom is 0.259 e. The summed E-state index contributed by atoms with van der Waals surface area (Å²) in [6, 6.07) is 6.37. The van der Waals surface area contributed by atoms with Crippen LogP contribution < -0.4 is 11.1 Å². The molecule has 0 radical (unpaired) electrons. The number of aromatic nitrogens is 1. The summed E-state index contributed by atoms with van der Waals surface area (Å²) < 4.78 is 13.9. The second-order valence-electron chi connectivity index (χ2n) is 4.32. The fourth-order valence-electron chi connectivity index (χ4n) is 1.75. The second-order valence-corrected chi connectivity index (χ2v) is 4.32. The standard InChI is InChI=1S/C14H14FN3O/c1-8-4-3-5-17-13(8)18-14(19)11-7-10(16)6-9(2)12(11)15/h3-7H,16H2,1-2H3,(H,17,18,19). The molecule has 0 bridgehead atoms. The molecule has 0 aliphatic carbocycles. The molecule has 19 heavy (non-hydrogen) atoms. The average molecular weight is 259 g/mol. The summed E-state index contributed by atoms with van der Waals surface area (Å²) in [6.45, 7) is 3.37. The minimum Gasteiger partial charge on any atom is -0.399 e. The Morgan fingerprint density at radius 3 is 2.74 bits per heavy atom. The van der Waals surface area contributed by atoms with E-state index in [9.17, 15) is 9.18 Å². The number of nitrogen functional groups attached to an aromatic ring is 1. The Bertz CT molecular complexity index is 641. The van der Waals surface area contributed by atoms with Crippen molar-refractivity contribution in [3.05, 3.63) is 53.0 Å². The number of carbonyl (C=O) groups excluding carboxylic acids is 1. The summed E-state index contributed by atoms with van der Waals surface area (Å²) in [5, 5.41) is 2.58. The van der Waals surface area contributed by atoms with Gasteiger partial charge < -0.3 is 11.1 Å². The fourth-order valence-corrected chi connectivity index (χ4v) is 1.75. The van der Waals surface area contributed by atoms with Crippen LogP contribution in [0.5, 0.6) is 0 Å². The number of nitrogens with one attached hydrogen (secondary N) is 1. The van der Waals surface area contributed by atoms with Crippen molar-refractivity contribution in [3.8, 4) is 0 Å². The van der Waals surface area contributed by atoms with E-state index >= 15 is 0 Å². The van der Waals surface area contributed by atoms with Crippen molar-refractivity contribution in [2.45, 2.75) is 13.8 Å². The quantitative estimate of drug-likeness (QED) is 0.815. The van der Waals surface area contributed by atoms with Crippen LogP contribution in [0, 0.1) is 19.7 Å². The summed E-state index contributed by atoms with van der Waals surface area (Å²) >= 11 is 0. The number of nitrogens with two attached hydrogens (primary N) is 1. The average Bonchev–Trinajstić information content (AvgIpc) is 2.36. The predicted octanol–water partition coefficient (Wildman–Crippen LogP) is 2.67. The van der Waals surface area contributed by atoms with E-state index in [4.69, 9.17) is 5.73 Å². The van der Waals surface area contributed by atoms with Crippen molar-refractivity contribution in [2.24, 2.45) is 0 Å². The number of hydrogen-bond donors (Lipinski definition) is 2. The maximum atomic E-state index is 13.9. The van der Waals surface area contributed by atoms with Gasteiger partial charge in [-0.3, -0.25) is 4.79 Å². The van der Waals surface area contributed by atoms with Crippen molar-refractivity contribution in [2.75, 3.05) is 11.1 Å². The first-order valence-corrected chi connectivity index (χ1v) is 5.77. The van der Waals surface area contributed by atoms with Gasteiger partial charge in [-0.05, 0) is 43.2 Å². The SMILES string of the molecule is Cc1cccnc1NC(=O)c1cc(N)cc(C)c1F. The first kappa shape index (κ1) is 13.0. The van der Waals surface area contributed by atoms with Gasteiger partial charge in [-0.15, -0.1) is 0 Å². The van der Waals surface area contributed by atoms with Gasteiger partial charge in [0.15, 0.2) is 0 Å². The highest BCUT2D eigenvalue weighted by atomic mass is 19.1. The van der Waals surface area contributed by atoms with Crippen LogP contribution in [0.2, 0.25) is 0 Å². The van der Waals surface area contributed by atoms with Crippen molar-refractivity contribution in [1.29, 1.82) is 0 Å². The molecule has 0 spiro atoms. The molecule has 0 aliphatic heterocycles. The van der Waals surface area contributed by atoms with E-state index in [0.717, 1.165) is 5.56 Å². The maximum absolute atomic E-state index is 13.9. The lowest BCUT2D eigenvalue weighted by Gasteiger charge is -2.09. The predicted molar refractivity (Wildman–Crippen MR) is 72.5 cm³/mol. The number of carbonyl (C=O) groups is 1. The number of benzene rings is 1. The van der Waals surface area contributed by atoms with Crippen LogP contribution in [0.3, 0.4) is 0 Å². The molecule has 4 nitrogen and oxygen atoms in total. The third-order valence-corrected chi connectivity index (χ3v) is 2.76. The summed E-state index contributed by atoms with van der Waals surface area (Å²) in [4.78, 5) is 16.1. The lowest BCUT2D eigenvalue weighted by atomic mass is 10.1. The smallest absolute Gasteiger partial charge is 0.259 e. The largest absolute Gasteiger partial charge is 0.399 e. The molecule has 0 saturated heterocycles. The van der Waals surface area contributed by atoms with Crippen LogP contribution in [-0.2, 0) is 0 Å². The van der Waals surface area contributed by atoms with Gasteiger partial charge in [-0.1, -0.05) is 6.07 Å². The molecule has 2 rings (SSSR count). The fraction of sp³-hybridized carbons (Fsp3) is 0.143. The molecule has 0 unspecified atom stereocenters. The summed E-state index contributed by atoms with van der Waals surface area (Å²) in [5.74, 6) is -0.720. The Morgan fingerprint density at radius 1 is 1.32 bits per heavy atom. The number of anilines is 2. The molecule has 5 heteroatoms. The Balaban J connectivity index is 2.33. The van der Waals surface area contributed by atoms with Crippen LogP contribution in [0.15, 0.2) is 30.5 Å². The van der Waals surface area contributed by atoms with Crippen molar-refractivity contribution in [3.63, 3.8) is 0 Å². The Labute approximate surface area is 110 Å². The Kier molecular flexibility index (Phi) is 3.46. The van der Waals surface area contributed by atoms with Crippen molar-refractivity contribution < 1.29 is 9.18 Å². The second kappa shape index (κ2) is 5.06. The monoisotopic (exact) mass is 259 g/mol. The first-order valence-electron chi connectivity index (χ1n) is 5.77. The number of halogens is 1. The van der Waals surface area contributed by atoms with Crippen molar-refractivity contribution >= 4 is 17.4 Å². The van der Waals surface area contributed by atoms with E-state index in [2.05, 4.69) is 10.3 Å². The third-order valence-electron chi connectivity index (χ3n) is 2.76. The number of hydrogen-bond acceptors (Lipinski definition) is 3. The van der Waals surface area contributed by atoms with Gasteiger partial charge in [0.1, 0.15) is 11.6 Å². The number of aryl methyl sites for hydroxylation is 2. The van der Waals surface area contributed by atoms with Crippen LogP contribution in [0.4, 0.5) is 15.9 Å². The molecule has 0 fully saturated rings. The normalized spacial score (nSPS) is 10.3. The zero-order chi connectivity index (χ0) is 14.0. The van der Waals surface area contributed by atoms with E-state index in [1.54, 1.807) is 19.2 Å². The molecule has 1 aromatic heterocycles. The Hall–Kier alpha value is -2.43. The van der Waals surface area contributed by atoms with Gasteiger partial charge in [0.2, 0.25) is 0 Å². The Morgan fingerprint density at radius 2 is 2.05 bits per heavy atom. The van der Waals surface area contributed by atoms with Crippen LogP contribution in [0.25, 0.3) is 0 Å². The van der Waals surface area contributed by atoms with E-state index in [-0.39, 0.29) is 5.56 Å². The topological polar surface area (TPSA) is 68.0 Å². The van der Waals surface area contributed by atoms with E-state index in [0.29, 0.717) is 17.1 Å². The first-order chi connectivity index (χ1) is 8.99. The molecule has 1 heterocycles. The molecule has 1 aromatic carbocycles. The summed E-state index contributed by atoms with van der Waals surface area (Å²) in [6.07, 6.45) is 1.56. The van der Waals surface area contributed by atoms with E-state index in [1.807, 2.05) is 13.0 Å². The zero-order valence-corrected chi connectivity index (χ0v) is 10.7. The number of pyridine rings is 1. The molecular weight excluding hydrogens is 245 g/mol. The molecule has 3 N–H and O–H groups in total. The number of nitrogens with zero attached hydrogens (tertiary/aromatic N) is 1. The minimum absolute atomic E-state index is 0.0810. The highest BCUT2D eigenvalue weighted by molar-refractivity contribution is 6.05. The zero-order valence-electron chi connectivity index (χ0n) is 10.7. The van der Waals surface area contributed by atoms with E-state index < -0.39 is 11.7 Å². The highest BCUT2D eigenvalue weighted by Crippen LogP contribution is 2.19. The van der Waals surface area contributed by atoms with Crippen LogP contribution in [-0.4, -0.2) is 10.9 Å². The third kappa shape index (κ3) is 2.70. The van der Waals surface area contributed by atoms with Gasteiger partial charge in [0.25, 0.3) is 5.91 Å². The molecule has 0 aliphatic rings. The minimum atomic E-state index is -0.569. The number of rotatable bonds is 2. The molecule has 0 saturated carbocycles. The van der Waals surface area contributed by atoms with Crippen molar-refractivity contribution in [1.82, 2.24) is 4.98 Å². The van der Waals surface area contributed by atoms with Gasteiger partial charge >= 0.3 is 0 Å². The van der Waals surface area contributed by atoms with Crippen LogP contribution >= 0.6 is 0 Å². The molecular formula is C14H14FN3O. The lowest BCUT2D eigenvalue weighted by molar-refractivity contribution is 0.102. The van der Waals surface area contributed by atoms with E-state index in [1.165, 1.54) is 12.1 Å². The van der Waals surface area contributed by atoms with Gasteiger partial charge in [-0.25, -0.2) is 9.37 Å². The highest BCUT2D eigenvalue weighted by Gasteiger charge is 2.15. The molecule has 1 amide bonds. The number of amides is 1. The van der Waals surface area contributed by atoms with Gasteiger partial charge in [0, 0.05) is 11.9 Å². The summed E-state index contributed by atoms with van der Waals surface area (Å²) in [5.41, 5.74) is 7.03. The lowest BCUT2D eigenvalue weighted by Crippen LogP contribution is -2.16. The van der Waals surface area contributed by atoms with Gasteiger partial charge in [0.05, 0.1) is 5.56 Å². The molecule has 2 aromatic rings. The van der Waals surface area contributed by atoms with Gasteiger partial charge in [-0.2, -0.15) is 0 Å². The molecule has 98 valence electrons. The molecule has 0 atom stereocenters. The summed E-state index contributed by atoms with van der Waals surface area (Å²) in [7, 11) is 0. The van der Waals surface area contributed by atoms with Crippen LogP contribution in [0.1, 0.15) is 21.5 Å².